The summed E-state index contributed by atoms with van der Waals surface area (Å²) in [5, 5.41) is 4.47. The molecule has 6 heteroatoms. The van der Waals surface area contributed by atoms with Crippen molar-refractivity contribution in [3.05, 3.63) is 124 Å². The van der Waals surface area contributed by atoms with Gasteiger partial charge in [0.15, 0.2) is 0 Å². The van der Waals surface area contributed by atoms with Gasteiger partial charge in [0.1, 0.15) is 11.4 Å². The second-order valence-corrected chi connectivity index (χ2v) is 12.9. The lowest BCUT2D eigenvalue weighted by Gasteiger charge is -2.45. The fraction of sp³-hybridized carbons (Fsp3) is 0.133. The van der Waals surface area contributed by atoms with Gasteiger partial charge in [-0.05, 0) is 57.8 Å². The van der Waals surface area contributed by atoms with E-state index in [4.69, 9.17) is 16.1 Å². The number of hydrogen-bond acceptors (Lipinski definition) is 2. The number of benzene rings is 5. The Balaban J connectivity index is 1.65. The van der Waals surface area contributed by atoms with Crippen LogP contribution in [0.2, 0.25) is 0 Å². The molecule has 3 nitrogen and oxygen atoms in total. The van der Waals surface area contributed by atoms with E-state index in [1.807, 2.05) is 53.2 Å². The fourth-order valence-electron chi connectivity index (χ4n) is 5.44. The molecule has 5 aromatic carbocycles. The summed E-state index contributed by atoms with van der Waals surface area (Å²) in [5.41, 5.74) is 3.03. The zero-order valence-electron chi connectivity index (χ0n) is 19.6. The molecule has 6 rings (SSSR count). The molecule has 0 amide bonds. The molecule has 1 aliphatic heterocycles. The third kappa shape index (κ3) is 3.88. The van der Waals surface area contributed by atoms with Crippen molar-refractivity contribution in [2.45, 2.75) is 19.0 Å². The highest BCUT2D eigenvalue weighted by Gasteiger charge is 2.48. The van der Waals surface area contributed by atoms with Gasteiger partial charge in [-0.15, -0.1) is 11.6 Å². The van der Waals surface area contributed by atoms with E-state index in [9.17, 15) is 4.57 Å². The Morgan fingerprint density at radius 3 is 2.22 bits per heavy atom. The monoisotopic (exact) mass is 575 g/mol. The molecule has 1 aliphatic rings. The second kappa shape index (κ2) is 9.36. The van der Waals surface area contributed by atoms with Crippen LogP contribution >= 0.6 is 35.1 Å². The molecule has 0 saturated heterocycles. The van der Waals surface area contributed by atoms with E-state index in [2.05, 4.69) is 77.5 Å². The highest BCUT2D eigenvalue weighted by atomic mass is 79.9. The van der Waals surface area contributed by atoms with E-state index < -0.39 is 7.52 Å². The molecule has 0 fully saturated rings. The molecule has 180 valence electrons. The molecule has 3 atom stereocenters. The Labute approximate surface area is 224 Å². The van der Waals surface area contributed by atoms with Gasteiger partial charge < -0.3 is 4.52 Å². The van der Waals surface area contributed by atoms with E-state index in [1.54, 1.807) is 0 Å². The molecule has 36 heavy (non-hydrogen) atoms. The molecule has 0 bridgehead atoms. The van der Waals surface area contributed by atoms with Crippen LogP contribution < -0.4 is 4.52 Å². The summed E-state index contributed by atoms with van der Waals surface area (Å²) in [6, 6.07) is 34.5. The normalized spacial score (nSPS) is 20.7. The van der Waals surface area contributed by atoms with Gasteiger partial charge in [0.25, 0.3) is 0 Å². The van der Waals surface area contributed by atoms with Crippen LogP contribution in [-0.2, 0) is 4.57 Å². The van der Waals surface area contributed by atoms with Crippen LogP contribution in [0.15, 0.2) is 108 Å². The molecule has 0 saturated carbocycles. The topological polar surface area (TPSA) is 29.5 Å². The average molecular weight is 577 g/mol. The zero-order chi connectivity index (χ0) is 24.9. The minimum atomic E-state index is -3.46. The maximum atomic E-state index is 14.6. The van der Waals surface area contributed by atoms with Gasteiger partial charge in [0, 0.05) is 16.1 Å². The number of alkyl halides is 1. The lowest BCUT2D eigenvalue weighted by Crippen LogP contribution is -2.35. The molecule has 0 spiro atoms. The van der Waals surface area contributed by atoms with Crippen molar-refractivity contribution in [2.24, 2.45) is 0 Å². The van der Waals surface area contributed by atoms with E-state index in [-0.39, 0.29) is 17.7 Å². The van der Waals surface area contributed by atoms with Crippen molar-refractivity contribution < 1.29 is 9.09 Å². The molecule has 0 aromatic heterocycles. The molecular weight excluding hydrogens is 553 g/mol. The van der Waals surface area contributed by atoms with Crippen molar-refractivity contribution in [1.29, 1.82) is 0 Å². The summed E-state index contributed by atoms with van der Waals surface area (Å²) in [6.07, 6.45) is 0. The number of halogens is 2. The van der Waals surface area contributed by atoms with Gasteiger partial charge in [-0.2, -0.15) is 0 Å². The van der Waals surface area contributed by atoms with Crippen LogP contribution in [0.25, 0.3) is 21.5 Å². The van der Waals surface area contributed by atoms with Crippen LogP contribution in [0.4, 0.5) is 0 Å². The summed E-state index contributed by atoms with van der Waals surface area (Å²) in [5.74, 6) is 0.631. The summed E-state index contributed by atoms with van der Waals surface area (Å²) < 4.78 is 24.0. The van der Waals surface area contributed by atoms with E-state index in [1.165, 1.54) is 0 Å². The molecule has 5 aromatic rings. The van der Waals surface area contributed by atoms with Crippen LogP contribution in [0.1, 0.15) is 35.7 Å². The Kier molecular flexibility index (Phi) is 6.17. The average Bonchev–Trinajstić information content (AvgIpc) is 2.92. The standard InChI is InChI=1S/C30H24BrClNO2P/c1-20(25-12-6-9-21-7-2-4-10-26(21)25)33-30(23-13-16-24(31)17-14-23)29-27-11-5-3-8-22(27)15-18-28(29)35-36(33,34)19-32/h2-18,20,30H,19H2,1H3. The Hall–Kier alpha value is -2.62. The Morgan fingerprint density at radius 1 is 0.861 bits per heavy atom. The predicted molar refractivity (Wildman–Crippen MR) is 153 cm³/mol. The van der Waals surface area contributed by atoms with Gasteiger partial charge in [0.05, 0.1) is 6.04 Å². The number of fused-ring (bicyclic) bond motifs is 4. The first kappa shape index (κ1) is 23.8. The van der Waals surface area contributed by atoms with Crippen molar-refractivity contribution in [3.8, 4) is 5.75 Å². The van der Waals surface area contributed by atoms with Crippen LogP contribution in [0.5, 0.6) is 5.75 Å². The van der Waals surface area contributed by atoms with Crippen LogP contribution in [0, 0.1) is 0 Å². The van der Waals surface area contributed by atoms with Crippen molar-refractivity contribution in [2.75, 3.05) is 5.62 Å². The van der Waals surface area contributed by atoms with Gasteiger partial charge in [0.2, 0.25) is 0 Å². The van der Waals surface area contributed by atoms with Gasteiger partial charge in [-0.3, -0.25) is 4.57 Å². The van der Waals surface area contributed by atoms with E-state index >= 15 is 0 Å². The predicted octanol–water partition coefficient (Wildman–Crippen LogP) is 9.69. The fourth-order valence-corrected chi connectivity index (χ4v) is 8.21. The largest absolute Gasteiger partial charge is 0.431 e. The number of hydrogen-bond donors (Lipinski definition) is 0. The Morgan fingerprint density at radius 2 is 1.50 bits per heavy atom. The van der Waals surface area contributed by atoms with Crippen molar-refractivity contribution in [3.63, 3.8) is 0 Å². The molecular formula is C30H24BrClNO2P. The van der Waals surface area contributed by atoms with Crippen LogP contribution in [0.3, 0.4) is 0 Å². The van der Waals surface area contributed by atoms with Gasteiger partial charge in [-0.1, -0.05) is 101 Å². The summed E-state index contributed by atoms with van der Waals surface area (Å²) in [6.45, 7) is 2.10. The van der Waals surface area contributed by atoms with E-state index in [0.717, 1.165) is 42.7 Å². The third-order valence-corrected chi connectivity index (χ3v) is 10.6. The second-order valence-electron chi connectivity index (χ2n) is 9.13. The SMILES string of the molecule is CC(c1cccc2ccccc12)N1C(c2ccc(Br)cc2)c2c(ccc3ccccc23)OP1(=O)CCl. The maximum absolute atomic E-state index is 14.6. The summed E-state index contributed by atoms with van der Waals surface area (Å²) in [4.78, 5) is 0. The minimum Gasteiger partial charge on any atom is -0.431 e. The molecule has 0 radical (unpaired) electrons. The van der Waals surface area contributed by atoms with Gasteiger partial charge >= 0.3 is 7.52 Å². The quantitative estimate of drug-likeness (QED) is 0.158. The third-order valence-electron chi connectivity index (χ3n) is 7.07. The number of nitrogens with zero attached hydrogens (tertiary/aromatic N) is 1. The molecule has 1 heterocycles. The Bertz CT molecular complexity index is 1630. The van der Waals surface area contributed by atoms with Crippen molar-refractivity contribution >= 4 is 56.6 Å². The smallest absolute Gasteiger partial charge is 0.335 e. The molecule has 0 N–H and O–H groups in total. The summed E-state index contributed by atoms with van der Waals surface area (Å²) in [7, 11) is -3.46. The van der Waals surface area contributed by atoms with E-state index in [0.29, 0.717) is 5.75 Å². The zero-order valence-corrected chi connectivity index (χ0v) is 22.9. The lowest BCUT2D eigenvalue weighted by atomic mass is 9.91. The molecule has 3 unspecified atom stereocenters. The highest BCUT2D eigenvalue weighted by molar-refractivity contribution is 9.10. The number of rotatable bonds is 4. The first-order valence-corrected chi connectivity index (χ1v) is 15.0. The first-order chi connectivity index (χ1) is 17.5. The summed E-state index contributed by atoms with van der Waals surface area (Å²) >= 11 is 10.1. The lowest BCUT2D eigenvalue weighted by molar-refractivity contribution is 0.244. The van der Waals surface area contributed by atoms with Crippen LogP contribution in [-0.4, -0.2) is 10.3 Å². The highest BCUT2D eigenvalue weighted by Crippen LogP contribution is 2.66. The van der Waals surface area contributed by atoms with Gasteiger partial charge in [-0.25, -0.2) is 4.67 Å². The van der Waals surface area contributed by atoms with Crippen molar-refractivity contribution in [1.82, 2.24) is 4.67 Å². The first-order valence-electron chi connectivity index (χ1n) is 11.9. The molecule has 0 aliphatic carbocycles. The minimum absolute atomic E-state index is 0.110. The maximum Gasteiger partial charge on any atom is 0.335 e.